The van der Waals surface area contributed by atoms with Crippen molar-refractivity contribution in [3.63, 3.8) is 0 Å². The van der Waals surface area contributed by atoms with Gasteiger partial charge in [-0.1, -0.05) is 17.7 Å². The van der Waals surface area contributed by atoms with Gasteiger partial charge in [-0.25, -0.2) is 0 Å². The minimum absolute atomic E-state index is 0.0706. The standard InChI is InChI=1S/C17H18N2O3S/c1-10-7-11(2)16(12(3)8-10)18-17(20)14-9-13(23-4)5-6-15(14)19(21)22/h5-9H,1-4H3,(H,18,20). The summed E-state index contributed by atoms with van der Waals surface area (Å²) in [6.07, 6.45) is 1.86. The van der Waals surface area contributed by atoms with Gasteiger partial charge in [-0.05, 0) is 50.3 Å². The number of hydrogen-bond donors (Lipinski definition) is 1. The van der Waals surface area contributed by atoms with Crippen LogP contribution in [0.4, 0.5) is 11.4 Å². The van der Waals surface area contributed by atoms with Crippen LogP contribution in [0.5, 0.6) is 0 Å². The van der Waals surface area contributed by atoms with Crippen molar-refractivity contribution in [2.75, 3.05) is 11.6 Å². The van der Waals surface area contributed by atoms with E-state index in [0.29, 0.717) is 5.69 Å². The Morgan fingerprint density at radius 1 is 1.13 bits per heavy atom. The van der Waals surface area contributed by atoms with E-state index in [1.807, 2.05) is 39.2 Å². The van der Waals surface area contributed by atoms with Gasteiger partial charge < -0.3 is 5.32 Å². The van der Waals surface area contributed by atoms with Crippen molar-refractivity contribution in [1.82, 2.24) is 0 Å². The van der Waals surface area contributed by atoms with Crippen molar-refractivity contribution in [2.45, 2.75) is 25.7 Å². The summed E-state index contributed by atoms with van der Waals surface area (Å²) in [4.78, 5) is 24.0. The first kappa shape index (κ1) is 17.0. The fourth-order valence-corrected chi connectivity index (χ4v) is 2.98. The Kier molecular flexibility index (Phi) is 5.05. The van der Waals surface area contributed by atoms with Gasteiger partial charge in [0.25, 0.3) is 11.6 Å². The van der Waals surface area contributed by atoms with E-state index in [-0.39, 0.29) is 11.3 Å². The number of nitrogens with zero attached hydrogens (tertiary/aromatic N) is 1. The van der Waals surface area contributed by atoms with Crippen molar-refractivity contribution >= 4 is 29.0 Å². The highest BCUT2D eigenvalue weighted by molar-refractivity contribution is 7.98. The Morgan fingerprint density at radius 3 is 2.26 bits per heavy atom. The number of rotatable bonds is 4. The number of thioether (sulfide) groups is 1. The highest BCUT2D eigenvalue weighted by Crippen LogP contribution is 2.27. The molecule has 1 amide bonds. The molecule has 2 aromatic carbocycles. The molecular weight excluding hydrogens is 312 g/mol. The van der Waals surface area contributed by atoms with E-state index in [0.717, 1.165) is 21.6 Å². The van der Waals surface area contributed by atoms with E-state index in [4.69, 9.17) is 0 Å². The Bertz CT molecular complexity index is 764. The number of carbonyl (C=O) groups is 1. The fourth-order valence-electron chi connectivity index (χ4n) is 2.54. The number of benzene rings is 2. The molecular formula is C17H18N2O3S. The summed E-state index contributed by atoms with van der Waals surface area (Å²) in [5.74, 6) is -0.470. The molecule has 0 aliphatic heterocycles. The highest BCUT2D eigenvalue weighted by Gasteiger charge is 2.21. The lowest BCUT2D eigenvalue weighted by Gasteiger charge is -2.13. The van der Waals surface area contributed by atoms with Gasteiger partial charge in [-0.2, -0.15) is 0 Å². The van der Waals surface area contributed by atoms with Gasteiger partial charge in [-0.3, -0.25) is 14.9 Å². The summed E-state index contributed by atoms with van der Waals surface area (Å²) in [5.41, 5.74) is 3.54. The van der Waals surface area contributed by atoms with Crippen molar-refractivity contribution in [2.24, 2.45) is 0 Å². The zero-order valence-electron chi connectivity index (χ0n) is 13.5. The maximum absolute atomic E-state index is 12.6. The lowest BCUT2D eigenvalue weighted by Crippen LogP contribution is -2.15. The van der Waals surface area contributed by atoms with E-state index >= 15 is 0 Å². The summed E-state index contributed by atoms with van der Waals surface area (Å²) < 4.78 is 0. The van der Waals surface area contributed by atoms with Crippen LogP contribution in [0.15, 0.2) is 35.2 Å². The second-order valence-corrected chi connectivity index (χ2v) is 6.25. The number of amides is 1. The molecule has 120 valence electrons. The lowest BCUT2D eigenvalue weighted by atomic mass is 10.0. The summed E-state index contributed by atoms with van der Waals surface area (Å²) in [6.45, 7) is 5.79. The molecule has 5 nitrogen and oxygen atoms in total. The molecule has 0 atom stereocenters. The van der Waals surface area contributed by atoms with Crippen LogP contribution in [0.3, 0.4) is 0 Å². The molecule has 0 aliphatic carbocycles. The molecule has 0 saturated carbocycles. The lowest BCUT2D eigenvalue weighted by molar-refractivity contribution is -0.385. The van der Waals surface area contributed by atoms with Crippen molar-refractivity contribution < 1.29 is 9.72 Å². The second kappa shape index (κ2) is 6.83. The third-order valence-electron chi connectivity index (χ3n) is 3.56. The van der Waals surface area contributed by atoms with Crippen molar-refractivity contribution in [1.29, 1.82) is 0 Å². The Balaban J connectivity index is 2.43. The molecule has 0 aromatic heterocycles. The third-order valence-corrected chi connectivity index (χ3v) is 4.29. The number of carbonyl (C=O) groups excluding carboxylic acids is 1. The summed E-state index contributed by atoms with van der Waals surface area (Å²) in [6, 6.07) is 8.50. The molecule has 0 aliphatic rings. The van der Waals surface area contributed by atoms with Crippen LogP contribution in [0.1, 0.15) is 27.0 Å². The minimum Gasteiger partial charge on any atom is -0.321 e. The van der Waals surface area contributed by atoms with Gasteiger partial charge in [0.15, 0.2) is 0 Å². The minimum atomic E-state index is -0.534. The van der Waals surface area contributed by atoms with Crippen LogP contribution in [0.2, 0.25) is 0 Å². The van der Waals surface area contributed by atoms with E-state index in [1.54, 1.807) is 12.1 Å². The van der Waals surface area contributed by atoms with E-state index in [2.05, 4.69) is 5.32 Å². The van der Waals surface area contributed by atoms with E-state index in [9.17, 15) is 14.9 Å². The van der Waals surface area contributed by atoms with Crippen molar-refractivity contribution in [3.05, 3.63) is 62.7 Å². The molecule has 6 heteroatoms. The van der Waals surface area contributed by atoms with Crippen LogP contribution in [-0.2, 0) is 0 Å². The summed E-state index contributed by atoms with van der Waals surface area (Å²) in [5, 5.41) is 14.0. The first-order chi connectivity index (χ1) is 10.8. The fraction of sp³-hybridized carbons (Fsp3) is 0.235. The van der Waals surface area contributed by atoms with Gasteiger partial charge >= 0.3 is 0 Å². The molecule has 0 spiro atoms. The molecule has 0 saturated heterocycles. The number of nitrogens with one attached hydrogen (secondary N) is 1. The van der Waals surface area contributed by atoms with E-state index in [1.165, 1.54) is 17.8 Å². The monoisotopic (exact) mass is 330 g/mol. The predicted molar refractivity (Wildman–Crippen MR) is 93.5 cm³/mol. The quantitative estimate of drug-likeness (QED) is 0.509. The Labute approximate surface area is 139 Å². The third kappa shape index (κ3) is 3.71. The molecule has 0 bridgehead atoms. The number of anilines is 1. The number of hydrogen-bond acceptors (Lipinski definition) is 4. The maximum Gasteiger partial charge on any atom is 0.282 e. The Hall–Kier alpha value is -2.34. The average Bonchev–Trinajstić information content (AvgIpc) is 2.49. The molecule has 0 heterocycles. The van der Waals surface area contributed by atoms with Crippen LogP contribution in [0, 0.1) is 30.9 Å². The van der Waals surface area contributed by atoms with E-state index < -0.39 is 10.8 Å². The topological polar surface area (TPSA) is 72.2 Å². The van der Waals surface area contributed by atoms with Crippen LogP contribution < -0.4 is 5.32 Å². The molecule has 2 aromatic rings. The average molecular weight is 330 g/mol. The molecule has 2 rings (SSSR count). The molecule has 23 heavy (non-hydrogen) atoms. The largest absolute Gasteiger partial charge is 0.321 e. The normalized spacial score (nSPS) is 10.4. The maximum atomic E-state index is 12.6. The van der Waals surface area contributed by atoms with Gasteiger partial charge in [0.05, 0.1) is 4.92 Å². The van der Waals surface area contributed by atoms with Crippen molar-refractivity contribution in [3.8, 4) is 0 Å². The first-order valence-corrected chi connectivity index (χ1v) is 8.27. The van der Waals surface area contributed by atoms with Gasteiger partial charge in [-0.15, -0.1) is 11.8 Å². The SMILES string of the molecule is CSc1ccc([N+](=O)[O-])c(C(=O)Nc2c(C)cc(C)cc2C)c1. The zero-order chi connectivity index (χ0) is 17.1. The molecule has 0 fully saturated rings. The summed E-state index contributed by atoms with van der Waals surface area (Å²) >= 11 is 1.43. The number of aryl methyl sites for hydroxylation is 3. The van der Waals surface area contributed by atoms with Gasteiger partial charge in [0.1, 0.15) is 5.56 Å². The van der Waals surface area contributed by atoms with Crippen LogP contribution >= 0.6 is 11.8 Å². The Morgan fingerprint density at radius 2 is 1.74 bits per heavy atom. The zero-order valence-corrected chi connectivity index (χ0v) is 14.3. The predicted octanol–water partition coefficient (Wildman–Crippen LogP) is 4.49. The molecule has 1 N–H and O–H groups in total. The van der Waals surface area contributed by atoms with Gasteiger partial charge in [0, 0.05) is 16.6 Å². The summed E-state index contributed by atoms with van der Waals surface area (Å²) in [7, 11) is 0. The van der Waals surface area contributed by atoms with Crippen LogP contribution in [0.25, 0.3) is 0 Å². The first-order valence-electron chi connectivity index (χ1n) is 7.05. The highest BCUT2D eigenvalue weighted by atomic mass is 32.2. The van der Waals surface area contributed by atoms with Crippen LogP contribution in [-0.4, -0.2) is 17.1 Å². The smallest absolute Gasteiger partial charge is 0.282 e. The second-order valence-electron chi connectivity index (χ2n) is 5.37. The molecule has 0 unspecified atom stereocenters. The number of nitro benzene ring substituents is 1. The van der Waals surface area contributed by atoms with Gasteiger partial charge in [0.2, 0.25) is 0 Å². The number of nitro groups is 1. The molecule has 0 radical (unpaired) electrons.